The maximum absolute atomic E-state index is 13.0. The topological polar surface area (TPSA) is 78.5 Å². The maximum Gasteiger partial charge on any atom is 0.325 e. The van der Waals surface area contributed by atoms with Gasteiger partial charge in [-0.25, -0.2) is 4.79 Å². The van der Waals surface area contributed by atoms with Gasteiger partial charge in [0.05, 0.1) is 6.04 Å². The van der Waals surface area contributed by atoms with Crippen molar-refractivity contribution in [2.45, 2.75) is 45.2 Å². The van der Waals surface area contributed by atoms with Crippen LogP contribution < -0.4 is 10.6 Å². The molecule has 0 spiro atoms. The van der Waals surface area contributed by atoms with Crippen molar-refractivity contribution in [3.63, 3.8) is 0 Å². The van der Waals surface area contributed by atoms with Crippen molar-refractivity contribution in [3.05, 3.63) is 70.2 Å². The monoisotopic (exact) mass is 427 g/mol. The van der Waals surface area contributed by atoms with Crippen LogP contribution in [0.25, 0.3) is 0 Å². The van der Waals surface area contributed by atoms with Crippen molar-refractivity contribution in [1.82, 2.24) is 15.5 Å². The molecule has 1 saturated heterocycles. The quantitative estimate of drug-likeness (QED) is 0.681. The van der Waals surface area contributed by atoms with Gasteiger partial charge in [-0.15, -0.1) is 0 Å². The van der Waals surface area contributed by atoms with Gasteiger partial charge in [-0.3, -0.25) is 14.5 Å². The second kappa shape index (κ2) is 8.48. The average Bonchev–Trinajstić information content (AvgIpc) is 2.92. The van der Waals surface area contributed by atoms with E-state index in [1.807, 2.05) is 43.3 Å². The van der Waals surface area contributed by atoms with Crippen LogP contribution >= 0.6 is 11.6 Å². The number of benzene rings is 2. The second-order valence-electron chi connectivity index (χ2n) is 8.06. The van der Waals surface area contributed by atoms with Crippen LogP contribution in [0.1, 0.15) is 56.3 Å². The predicted octanol–water partition coefficient (Wildman–Crippen LogP) is 4.11. The molecule has 0 aromatic heterocycles. The van der Waals surface area contributed by atoms with Gasteiger partial charge in [0.15, 0.2) is 0 Å². The summed E-state index contributed by atoms with van der Waals surface area (Å²) in [6.45, 7) is 7.32. The highest BCUT2D eigenvalue weighted by Crippen LogP contribution is 2.30. The normalized spacial score (nSPS) is 19.7. The van der Waals surface area contributed by atoms with E-state index < -0.39 is 23.4 Å². The largest absolute Gasteiger partial charge is 0.348 e. The summed E-state index contributed by atoms with van der Waals surface area (Å²) >= 11 is 5.89. The molecule has 0 saturated carbocycles. The SMILES string of the molecule is CC(C)c1ccc(C2(C)NC(=O)N(CC(=O)NC(C)c3ccc(Cl)cc3)C2=O)cc1. The lowest BCUT2D eigenvalue weighted by Gasteiger charge is -2.23. The van der Waals surface area contributed by atoms with Crippen molar-refractivity contribution >= 4 is 29.4 Å². The van der Waals surface area contributed by atoms with Gasteiger partial charge in [0.25, 0.3) is 5.91 Å². The van der Waals surface area contributed by atoms with E-state index in [1.165, 1.54) is 0 Å². The lowest BCUT2D eigenvalue weighted by Crippen LogP contribution is -2.43. The molecule has 4 amide bonds. The first-order valence-electron chi connectivity index (χ1n) is 9.91. The standard InChI is InChI=1S/C23H26ClN3O3/c1-14(2)16-5-9-18(10-6-16)23(4)21(29)27(22(30)26-23)13-20(28)25-15(3)17-7-11-19(24)12-8-17/h5-12,14-15H,13H2,1-4H3,(H,25,28)(H,26,30). The third kappa shape index (κ3) is 4.33. The van der Waals surface area contributed by atoms with Crippen LogP contribution in [0.2, 0.25) is 5.02 Å². The molecule has 158 valence electrons. The minimum atomic E-state index is -1.20. The molecule has 1 heterocycles. The van der Waals surface area contributed by atoms with E-state index in [9.17, 15) is 14.4 Å². The highest BCUT2D eigenvalue weighted by Gasteiger charge is 2.49. The van der Waals surface area contributed by atoms with Gasteiger partial charge >= 0.3 is 6.03 Å². The van der Waals surface area contributed by atoms with Crippen molar-refractivity contribution in [1.29, 1.82) is 0 Å². The molecule has 2 unspecified atom stereocenters. The van der Waals surface area contributed by atoms with Gasteiger partial charge < -0.3 is 10.6 Å². The molecular formula is C23H26ClN3O3. The first-order valence-corrected chi connectivity index (χ1v) is 10.3. The number of carbonyl (C=O) groups is 3. The van der Waals surface area contributed by atoms with E-state index >= 15 is 0 Å². The Bertz CT molecular complexity index is 957. The number of urea groups is 1. The van der Waals surface area contributed by atoms with Crippen molar-refractivity contribution in [2.75, 3.05) is 6.54 Å². The van der Waals surface area contributed by atoms with E-state index in [-0.39, 0.29) is 12.6 Å². The van der Waals surface area contributed by atoms with Crippen LogP contribution in [0.3, 0.4) is 0 Å². The summed E-state index contributed by atoms with van der Waals surface area (Å²) in [7, 11) is 0. The minimum Gasteiger partial charge on any atom is -0.348 e. The van der Waals surface area contributed by atoms with E-state index in [4.69, 9.17) is 11.6 Å². The van der Waals surface area contributed by atoms with Crippen LogP contribution in [0.5, 0.6) is 0 Å². The summed E-state index contributed by atoms with van der Waals surface area (Å²) in [5.74, 6) is -0.497. The first-order chi connectivity index (χ1) is 14.1. The van der Waals surface area contributed by atoms with Gasteiger partial charge in [0.2, 0.25) is 5.91 Å². The second-order valence-corrected chi connectivity index (χ2v) is 8.50. The molecular weight excluding hydrogens is 402 g/mol. The number of rotatable bonds is 6. The summed E-state index contributed by atoms with van der Waals surface area (Å²) < 4.78 is 0. The number of hydrogen-bond donors (Lipinski definition) is 2. The van der Waals surface area contributed by atoms with E-state index in [1.54, 1.807) is 19.1 Å². The summed E-state index contributed by atoms with van der Waals surface area (Å²) in [5.41, 5.74) is 1.50. The van der Waals surface area contributed by atoms with E-state index in [0.29, 0.717) is 16.5 Å². The third-order valence-corrected chi connectivity index (χ3v) is 5.73. The van der Waals surface area contributed by atoms with Crippen molar-refractivity contribution in [2.24, 2.45) is 0 Å². The zero-order chi connectivity index (χ0) is 22.1. The van der Waals surface area contributed by atoms with Crippen LogP contribution in [0.4, 0.5) is 4.79 Å². The van der Waals surface area contributed by atoms with Gasteiger partial charge in [0.1, 0.15) is 12.1 Å². The summed E-state index contributed by atoms with van der Waals surface area (Å²) in [5, 5.41) is 6.16. The number of nitrogens with one attached hydrogen (secondary N) is 2. The number of imide groups is 1. The number of halogens is 1. The Morgan fingerprint density at radius 1 is 1.03 bits per heavy atom. The zero-order valence-electron chi connectivity index (χ0n) is 17.5. The molecule has 2 aromatic rings. The van der Waals surface area contributed by atoms with Gasteiger partial charge in [-0.2, -0.15) is 0 Å². The highest BCUT2D eigenvalue weighted by molar-refractivity contribution is 6.30. The van der Waals surface area contributed by atoms with Crippen LogP contribution in [-0.4, -0.2) is 29.3 Å². The molecule has 2 atom stereocenters. The van der Waals surface area contributed by atoms with Crippen LogP contribution in [0, 0.1) is 0 Å². The Labute approximate surface area is 181 Å². The fourth-order valence-electron chi connectivity index (χ4n) is 3.50. The molecule has 30 heavy (non-hydrogen) atoms. The van der Waals surface area contributed by atoms with Gasteiger partial charge in [-0.1, -0.05) is 61.8 Å². The lowest BCUT2D eigenvalue weighted by atomic mass is 9.90. The maximum atomic E-state index is 13.0. The Morgan fingerprint density at radius 3 is 2.17 bits per heavy atom. The molecule has 2 aromatic carbocycles. The Morgan fingerprint density at radius 2 is 1.60 bits per heavy atom. The molecule has 3 rings (SSSR count). The number of hydrogen-bond acceptors (Lipinski definition) is 3. The van der Waals surface area contributed by atoms with E-state index in [0.717, 1.165) is 16.0 Å². The molecule has 0 aliphatic carbocycles. The minimum absolute atomic E-state index is 0.287. The highest BCUT2D eigenvalue weighted by atomic mass is 35.5. The molecule has 6 nitrogen and oxygen atoms in total. The molecule has 2 N–H and O–H groups in total. The molecule has 1 aliphatic rings. The number of carbonyl (C=O) groups excluding carboxylic acids is 3. The lowest BCUT2D eigenvalue weighted by molar-refractivity contribution is -0.135. The van der Waals surface area contributed by atoms with Gasteiger partial charge in [0, 0.05) is 5.02 Å². The Kier molecular flexibility index (Phi) is 6.17. The molecule has 0 radical (unpaired) electrons. The van der Waals surface area contributed by atoms with Crippen LogP contribution in [-0.2, 0) is 15.1 Å². The molecule has 1 fully saturated rings. The molecule has 7 heteroatoms. The summed E-state index contributed by atoms with van der Waals surface area (Å²) in [6.07, 6.45) is 0. The van der Waals surface area contributed by atoms with Crippen molar-refractivity contribution in [3.8, 4) is 0 Å². The smallest absolute Gasteiger partial charge is 0.325 e. The van der Waals surface area contributed by atoms with Crippen molar-refractivity contribution < 1.29 is 14.4 Å². The number of nitrogens with zero attached hydrogens (tertiary/aromatic N) is 1. The number of amides is 4. The Hall–Kier alpha value is -2.86. The fraction of sp³-hybridized carbons (Fsp3) is 0.348. The Balaban J connectivity index is 1.69. The molecule has 1 aliphatic heterocycles. The van der Waals surface area contributed by atoms with Gasteiger partial charge in [-0.05, 0) is 48.6 Å². The summed E-state index contributed by atoms with van der Waals surface area (Å²) in [4.78, 5) is 39.0. The average molecular weight is 428 g/mol. The zero-order valence-corrected chi connectivity index (χ0v) is 18.3. The predicted molar refractivity (Wildman–Crippen MR) is 116 cm³/mol. The van der Waals surface area contributed by atoms with E-state index in [2.05, 4.69) is 24.5 Å². The summed E-state index contributed by atoms with van der Waals surface area (Å²) in [6, 6.07) is 13.9. The molecule has 0 bridgehead atoms. The first kappa shape index (κ1) is 21.8. The fourth-order valence-corrected chi connectivity index (χ4v) is 3.63. The third-order valence-electron chi connectivity index (χ3n) is 5.48. The van der Waals surface area contributed by atoms with Crippen LogP contribution in [0.15, 0.2) is 48.5 Å².